The van der Waals surface area contributed by atoms with Crippen LogP contribution in [0.15, 0.2) is 17.3 Å². The maximum absolute atomic E-state index is 11.0. The number of nitrogens with zero attached hydrogens (tertiary/aromatic N) is 2. The van der Waals surface area contributed by atoms with Crippen LogP contribution >= 0.6 is 11.8 Å². The molecule has 8 heteroatoms. The predicted molar refractivity (Wildman–Crippen MR) is 67.5 cm³/mol. The second-order valence-electron chi connectivity index (χ2n) is 4.05. The van der Waals surface area contributed by atoms with E-state index in [-0.39, 0.29) is 11.7 Å². The third-order valence-corrected chi connectivity index (χ3v) is 3.78. The Bertz CT molecular complexity index is 502. The van der Waals surface area contributed by atoms with Gasteiger partial charge < -0.3 is 9.84 Å². The monoisotopic (exact) mass is 284 g/mol. The van der Waals surface area contributed by atoms with E-state index in [1.807, 2.05) is 0 Å². The van der Waals surface area contributed by atoms with Crippen LogP contribution in [-0.2, 0) is 4.74 Å². The van der Waals surface area contributed by atoms with Crippen molar-refractivity contribution in [1.82, 2.24) is 4.98 Å². The molecule has 1 aliphatic rings. The van der Waals surface area contributed by atoms with E-state index in [4.69, 9.17) is 9.84 Å². The number of ether oxygens (including phenoxy) is 1. The maximum Gasteiger partial charge on any atom is 0.342 e. The Hall–Kier alpha value is -1.67. The molecule has 0 bridgehead atoms. The molecule has 0 spiro atoms. The normalized spacial score (nSPS) is 18.4. The zero-order valence-corrected chi connectivity index (χ0v) is 10.8. The van der Waals surface area contributed by atoms with Crippen LogP contribution in [-0.4, -0.2) is 39.4 Å². The molecule has 0 aliphatic carbocycles. The molecular weight excluding hydrogens is 272 g/mol. The summed E-state index contributed by atoms with van der Waals surface area (Å²) in [5.41, 5.74) is -0.830. The average Bonchev–Trinajstić information content (AvgIpc) is 2.88. The molecule has 1 unspecified atom stereocenters. The molecule has 1 N–H and O–H groups in total. The second kappa shape index (κ2) is 5.98. The highest BCUT2D eigenvalue weighted by atomic mass is 32.2. The van der Waals surface area contributed by atoms with Crippen molar-refractivity contribution in [3.05, 3.63) is 27.9 Å². The predicted octanol–water partition coefficient (Wildman–Crippen LogP) is 1.96. The molecule has 2 heterocycles. The summed E-state index contributed by atoms with van der Waals surface area (Å²) in [5, 5.41) is 20.1. The van der Waals surface area contributed by atoms with E-state index in [0.717, 1.165) is 25.6 Å². The van der Waals surface area contributed by atoms with Crippen LogP contribution in [0, 0.1) is 10.1 Å². The largest absolute Gasteiger partial charge is 0.477 e. The topological polar surface area (TPSA) is 103 Å². The van der Waals surface area contributed by atoms with Crippen LogP contribution in [0.2, 0.25) is 0 Å². The lowest BCUT2D eigenvalue weighted by molar-refractivity contribution is -0.385. The van der Waals surface area contributed by atoms with Gasteiger partial charge in [0.1, 0.15) is 11.8 Å². The van der Waals surface area contributed by atoms with Crippen molar-refractivity contribution < 1.29 is 19.6 Å². The summed E-state index contributed by atoms with van der Waals surface area (Å²) in [5.74, 6) is -0.655. The highest BCUT2D eigenvalue weighted by Gasteiger charge is 2.22. The number of aromatic nitrogens is 1. The minimum Gasteiger partial charge on any atom is -0.477 e. The fourth-order valence-electron chi connectivity index (χ4n) is 1.78. The van der Waals surface area contributed by atoms with Crippen LogP contribution in [0.25, 0.3) is 0 Å². The Balaban J connectivity index is 2.11. The number of hydrogen-bond acceptors (Lipinski definition) is 6. The number of aromatic carboxylic acids is 1. The number of carboxylic acid groups (broad SMARTS) is 1. The first kappa shape index (κ1) is 13.8. The highest BCUT2D eigenvalue weighted by Crippen LogP contribution is 2.26. The summed E-state index contributed by atoms with van der Waals surface area (Å²) in [6, 6.07) is 1.24. The number of rotatable bonds is 5. The molecule has 1 saturated heterocycles. The van der Waals surface area contributed by atoms with Crippen molar-refractivity contribution in [3.63, 3.8) is 0 Å². The zero-order chi connectivity index (χ0) is 13.8. The van der Waals surface area contributed by atoms with Crippen LogP contribution < -0.4 is 0 Å². The third kappa shape index (κ3) is 3.42. The molecule has 102 valence electrons. The van der Waals surface area contributed by atoms with Crippen LogP contribution in [0.5, 0.6) is 0 Å². The van der Waals surface area contributed by atoms with E-state index in [0.29, 0.717) is 10.8 Å². The van der Waals surface area contributed by atoms with Crippen LogP contribution in [0.1, 0.15) is 23.2 Å². The summed E-state index contributed by atoms with van der Waals surface area (Å²) < 4.78 is 5.44. The molecule has 0 aromatic carbocycles. The summed E-state index contributed by atoms with van der Waals surface area (Å²) >= 11 is 1.35. The van der Waals surface area contributed by atoms with Gasteiger partial charge in [0.05, 0.1) is 16.1 Å². The lowest BCUT2D eigenvalue weighted by Gasteiger charge is -2.08. The minimum absolute atomic E-state index is 0.148. The Morgan fingerprint density at radius 2 is 2.47 bits per heavy atom. The van der Waals surface area contributed by atoms with Gasteiger partial charge in [0, 0.05) is 12.4 Å². The van der Waals surface area contributed by atoms with Crippen molar-refractivity contribution in [2.45, 2.75) is 24.0 Å². The molecule has 1 aliphatic heterocycles. The van der Waals surface area contributed by atoms with Gasteiger partial charge in [-0.1, -0.05) is 0 Å². The molecule has 1 aromatic heterocycles. The van der Waals surface area contributed by atoms with Gasteiger partial charge in [0.15, 0.2) is 0 Å². The number of pyridine rings is 1. The Labute approximate surface area is 113 Å². The number of carbonyl (C=O) groups is 1. The summed E-state index contributed by atoms with van der Waals surface area (Å²) in [7, 11) is 0. The Morgan fingerprint density at radius 1 is 1.68 bits per heavy atom. The molecule has 1 atom stereocenters. The van der Waals surface area contributed by atoms with E-state index in [2.05, 4.69) is 4.98 Å². The first-order valence-electron chi connectivity index (χ1n) is 5.70. The maximum atomic E-state index is 11.0. The van der Waals surface area contributed by atoms with E-state index < -0.39 is 16.6 Å². The summed E-state index contributed by atoms with van der Waals surface area (Å²) in [6.07, 6.45) is 3.14. The molecule has 0 radical (unpaired) electrons. The van der Waals surface area contributed by atoms with Gasteiger partial charge in [-0.25, -0.2) is 9.78 Å². The quantitative estimate of drug-likeness (QED) is 0.500. The second-order valence-corrected chi connectivity index (χ2v) is 5.09. The minimum atomic E-state index is -1.33. The van der Waals surface area contributed by atoms with Crippen molar-refractivity contribution in [3.8, 4) is 0 Å². The summed E-state index contributed by atoms with van der Waals surface area (Å²) in [6.45, 7) is 0.749. The molecular formula is C11H12N2O5S. The SMILES string of the molecule is O=C(O)c1cc(SCC2CCCO2)ncc1[N+](=O)[O-]. The van der Waals surface area contributed by atoms with Gasteiger partial charge in [0.2, 0.25) is 0 Å². The Morgan fingerprint density at radius 3 is 3.05 bits per heavy atom. The van der Waals surface area contributed by atoms with E-state index in [9.17, 15) is 14.9 Å². The van der Waals surface area contributed by atoms with E-state index in [1.165, 1.54) is 17.8 Å². The number of nitro groups is 1. The van der Waals surface area contributed by atoms with Gasteiger partial charge in [0.25, 0.3) is 0 Å². The first-order chi connectivity index (χ1) is 9.08. The number of thioether (sulfide) groups is 1. The molecule has 19 heavy (non-hydrogen) atoms. The zero-order valence-electron chi connectivity index (χ0n) is 9.94. The fraction of sp³-hybridized carbons (Fsp3) is 0.455. The number of carboxylic acids is 1. The van der Waals surface area contributed by atoms with Gasteiger partial charge in [-0.05, 0) is 18.9 Å². The van der Waals surface area contributed by atoms with Crippen LogP contribution in [0.3, 0.4) is 0 Å². The first-order valence-corrected chi connectivity index (χ1v) is 6.68. The fourth-order valence-corrected chi connectivity index (χ4v) is 2.73. The van der Waals surface area contributed by atoms with Crippen molar-refractivity contribution in [2.24, 2.45) is 0 Å². The molecule has 1 aromatic rings. The average molecular weight is 284 g/mol. The third-order valence-electron chi connectivity index (χ3n) is 2.73. The highest BCUT2D eigenvalue weighted by molar-refractivity contribution is 7.99. The number of hydrogen-bond donors (Lipinski definition) is 1. The van der Waals surface area contributed by atoms with E-state index >= 15 is 0 Å². The molecule has 0 amide bonds. The van der Waals surface area contributed by atoms with Gasteiger partial charge in [-0.15, -0.1) is 11.8 Å². The van der Waals surface area contributed by atoms with Gasteiger partial charge in [-0.3, -0.25) is 10.1 Å². The summed E-state index contributed by atoms with van der Waals surface area (Å²) in [4.78, 5) is 24.8. The standard InChI is InChI=1S/C11H12N2O5S/c14-11(15)8-4-10(12-5-9(8)13(16)17)19-6-7-2-1-3-18-7/h4-5,7H,1-3,6H2,(H,14,15). The van der Waals surface area contributed by atoms with Gasteiger partial charge >= 0.3 is 11.7 Å². The van der Waals surface area contributed by atoms with Crippen molar-refractivity contribution in [1.29, 1.82) is 0 Å². The smallest absolute Gasteiger partial charge is 0.342 e. The molecule has 0 saturated carbocycles. The van der Waals surface area contributed by atoms with Crippen molar-refractivity contribution >= 4 is 23.4 Å². The van der Waals surface area contributed by atoms with E-state index in [1.54, 1.807) is 0 Å². The molecule has 7 nitrogen and oxygen atoms in total. The molecule has 1 fully saturated rings. The van der Waals surface area contributed by atoms with Crippen molar-refractivity contribution in [2.75, 3.05) is 12.4 Å². The van der Waals surface area contributed by atoms with Gasteiger partial charge in [-0.2, -0.15) is 0 Å². The van der Waals surface area contributed by atoms with Crippen LogP contribution in [0.4, 0.5) is 5.69 Å². The Kier molecular flexibility index (Phi) is 4.33. The molecule has 2 rings (SSSR count). The lowest BCUT2D eigenvalue weighted by atomic mass is 10.2. The lowest BCUT2D eigenvalue weighted by Crippen LogP contribution is -2.08.